The van der Waals surface area contributed by atoms with Crippen LogP contribution < -0.4 is 4.90 Å². The van der Waals surface area contributed by atoms with Crippen LogP contribution in [-0.4, -0.2) is 5.78 Å². The van der Waals surface area contributed by atoms with E-state index in [1.807, 2.05) is 49.9 Å². The van der Waals surface area contributed by atoms with Gasteiger partial charge in [0, 0.05) is 43.1 Å². The van der Waals surface area contributed by atoms with Crippen LogP contribution in [0.5, 0.6) is 0 Å². The summed E-state index contributed by atoms with van der Waals surface area (Å²) < 4.78 is 0. The van der Waals surface area contributed by atoms with Gasteiger partial charge in [-0.1, -0.05) is 44.7 Å². The zero-order chi connectivity index (χ0) is 12.6. The number of carbonyl (C=O) groups excluding carboxylic acids is 1. The molecule has 96 valence electrons. The largest absolute Gasteiger partial charge is 0.490 e. The molecule has 0 aromatic heterocycles. The molecule has 0 fully saturated rings. The molecule has 1 aromatic rings. The smallest absolute Gasteiger partial charge is 0.163 e. The maximum Gasteiger partial charge on any atom is 0.163 e. The van der Waals surface area contributed by atoms with Crippen molar-refractivity contribution >= 4 is 23.2 Å². The molecule has 0 spiro atoms. The number of carbonyl (C=O) groups is 1. The number of benzene rings is 1. The number of anilines is 1. The Hall–Kier alpha value is -0.532. The molecule has 0 N–H and O–H groups in total. The van der Waals surface area contributed by atoms with Crippen molar-refractivity contribution in [2.75, 3.05) is 4.90 Å². The molecule has 0 radical (unpaired) electrons. The first kappa shape index (κ1) is 15.5. The summed E-state index contributed by atoms with van der Waals surface area (Å²) in [6, 6.07) is 8.03. The van der Waals surface area contributed by atoms with Gasteiger partial charge in [-0.05, 0) is 12.1 Å². The fourth-order valence-electron chi connectivity index (χ4n) is 1.49. The van der Waals surface area contributed by atoms with E-state index < -0.39 is 0 Å². The molecule has 1 heterocycles. The summed E-state index contributed by atoms with van der Waals surface area (Å²) in [6.07, 6.45) is 1.69. The van der Waals surface area contributed by atoms with Crippen LogP contribution in [0.2, 0.25) is 0 Å². The zero-order valence-electron chi connectivity index (χ0n) is 10.8. The molecule has 1 aliphatic rings. The summed E-state index contributed by atoms with van der Waals surface area (Å²) in [7, 11) is 3.99. The standard InChI is InChI=1S/C14H16NOS.W/c1-14(2,3)12(16)9-13-15(4)10-7-5-6-8-11(10)17-13;/h5-9H,4H2,1-3H3;/q-1;/b13-9-;. The predicted molar refractivity (Wildman–Crippen MR) is 72.7 cm³/mol. The quantitative estimate of drug-likeness (QED) is 0.499. The second kappa shape index (κ2) is 5.62. The van der Waals surface area contributed by atoms with E-state index >= 15 is 0 Å². The molecule has 0 saturated heterocycles. The molecular formula is C14H16NOSW-. The number of fused-ring (bicyclic) bond motifs is 1. The molecule has 1 aromatic carbocycles. The molecule has 4 heteroatoms. The average molecular weight is 430 g/mol. The van der Waals surface area contributed by atoms with E-state index in [9.17, 15) is 4.79 Å². The Morgan fingerprint density at radius 1 is 1.33 bits per heavy atom. The van der Waals surface area contributed by atoms with Crippen LogP contribution >= 0.6 is 11.8 Å². The van der Waals surface area contributed by atoms with Crippen molar-refractivity contribution in [3.8, 4) is 0 Å². The van der Waals surface area contributed by atoms with Crippen molar-refractivity contribution in [1.29, 1.82) is 0 Å². The predicted octanol–water partition coefficient (Wildman–Crippen LogP) is 3.84. The first-order chi connectivity index (χ1) is 7.89. The van der Waals surface area contributed by atoms with Gasteiger partial charge >= 0.3 is 0 Å². The van der Waals surface area contributed by atoms with Gasteiger partial charge < -0.3 is 4.90 Å². The minimum atomic E-state index is -0.344. The number of allylic oxidation sites excluding steroid dienone is 1. The molecule has 2 nitrogen and oxygen atoms in total. The average Bonchev–Trinajstić information content (AvgIpc) is 2.55. The Labute approximate surface area is 127 Å². The topological polar surface area (TPSA) is 20.3 Å². The number of ketones is 1. The van der Waals surface area contributed by atoms with Crippen molar-refractivity contribution in [2.24, 2.45) is 5.41 Å². The monoisotopic (exact) mass is 430 g/mol. The summed E-state index contributed by atoms with van der Waals surface area (Å²) in [4.78, 5) is 14.9. The van der Waals surface area contributed by atoms with Crippen molar-refractivity contribution < 1.29 is 25.9 Å². The minimum absolute atomic E-state index is 0. The first-order valence-electron chi connectivity index (χ1n) is 5.53. The maximum atomic E-state index is 12.0. The van der Waals surface area contributed by atoms with E-state index in [0.717, 1.165) is 15.6 Å². The number of hydrogen-bond acceptors (Lipinski definition) is 3. The molecule has 0 bridgehead atoms. The van der Waals surface area contributed by atoms with Crippen LogP contribution in [0, 0.1) is 12.5 Å². The van der Waals surface area contributed by atoms with E-state index in [0.29, 0.717) is 0 Å². The maximum absolute atomic E-state index is 12.0. The van der Waals surface area contributed by atoms with E-state index in [2.05, 4.69) is 7.05 Å². The van der Waals surface area contributed by atoms with Gasteiger partial charge in [0.15, 0.2) is 5.78 Å². The first-order valence-corrected chi connectivity index (χ1v) is 6.35. The minimum Gasteiger partial charge on any atom is -0.490 e. The fourth-order valence-corrected chi connectivity index (χ4v) is 2.52. The summed E-state index contributed by atoms with van der Waals surface area (Å²) in [6.45, 7) is 5.77. The van der Waals surface area contributed by atoms with Gasteiger partial charge in [0.2, 0.25) is 0 Å². The van der Waals surface area contributed by atoms with Crippen molar-refractivity contribution in [3.63, 3.8) is 0 Å². The molecule has 0 aliphatic carbocycles. The third-order valence-electron chi connectivity index (χ3n) is 2.63. The molecule has 2 rings (SSSR count). The van der Waals surface area contributed by atoms with Crippen molar-refractivity contribution in [3.05, 3.63) is 42.4 Å². The van der Waals surface area contributed by atoms with Crippen LogP contribution in [0.25, 0.3) is 0 Å². The Morgan fingerprint density at radius 3 is 2.50 bits per heavy atom. The van der Waals surface area contributed by atoms with Gasteiger partial charge in [-0.2, -0.15) is 0 Å². The molecular weight excluding hydrogens is 414 g/mol. The zero-order valence-corrected chi connectivity index (χ0v) is 14.5. The summed E-state index contributed by atoms with van der Waals surface area (Å²) in [5, 5.41) is 0.895. The normalized spacial score (nSPS) is 16.4. The van der Waals surface area contributed by atoms with Crippen LogP contribution in [-0.2, 0) is 25.9 Å². The Kier molecular flexibility index (Phi) is 4.85. The number of thioether (sulfide) groups is 1. The number of nitrogens with zero attached hydrogens (tertiary/aromatic N) is 1. The number of hydrogen-bond donors (Lipinski definition) is 0. The fraction of sp³-hybridized carbons (Fsp3) is 0.286. The molecule has 1 aliphatic heterocycles. The summed E-state index contributed by atoms with van der Waals surface area (Å²) in [5.74, 6) is 0.126. The molecule has 0 unspecified atom stereocenters. The van der Waals surface area contributed by atoms with Gasteiger partial charge in [-0.15, -0.1) is 0 Å². The van der Waals surface area contributed by atoms with Gasteiger partial charge in [0.1, 0.15) is 0 Å². The molecule has 0 atom stereocenters. The second-order valence-corrected chi connectivity index (χ2v) is 6.16. The van der Waals surface area contributed by atoms with Crippen molar-refractivity contribution in [1.82, 2.24) is 0 Å². The van der Waals surface area contributed by atoms with Gasteiger partial charge in [0.05, 0.1) is 5.03 Å². The van der Waals surface area contributed by atoms with Crippen LogP contribution in [0.4, 0.5) is 5.69 Å². The number of rotatable bonds is 1. The summed E-state index contributed by atoms with van der Waals surface area (Å²) in [5.41, 5.74) is 0.717. The second-order valence-electron chi connectivity index (χ2n) is 5.09. The Bertz CT molecular complexity index is 491. The van der Waals surface area contributed by atoms with Crippen LogP contribution in [0.3, 0.4) is 0 Å². The van der Waals surface area contributed by atoms with Crippen LogP contribution in [0.1, 0.15) is 20.8 Å². The van der Waals surface area contributed by atoms with E-state index in [-0.39, 0.29) is 32.3 Å². The Morgan fingerprint density at radius 2 is 1.94 bits per heavy atom. The number of para-hydroxylation sites is 1. The van der Waals surface area contributed by atoms with Gasteiger partial charge in [0.25, 0.3) is 0 Å². The van der Waals surface area contributed by atoms with E-state index in [1.54, 1.807) is 17.8 Å². The van der Waals surface area contributed by atoms with E-state index in [4.69, 9.17) is 0 Å². The van der Waals surface area contributed by atoms with Gasteiger partial charge in [-0.3, -0.25) is 4.79 Å². The SMILES string of the molecule is [CH2-]N1/C(=C/C(=O)C(C)(C)C)Sc2ccccc21.[W]. The summed E-state index contributed by atoms with van der Waals surface area (Å²) >= 11 is 1.59. The van der Waals surface area contributed by atoms with Crippen molar-refractivity contribution in [2.45, 2.75) is 25.7 Å². The molecule has 0 saturated carbocycles. The van der Waals surface area contributed by atoms with Gasteiger partial charge in [-0.25, -0.2) is 7.05 Å². The molecule has 0 amide bonds. The third-order valence-corrected chi connectivity index (χ3v) is 3.74. The third kappa shape index (κ3) is 3.07. The molecule has 18 heavy (non-hydrogen) atoms. The van der Waals surface area contributed by atoms with Crippen LogP contribution in [0.15, 0.2) is 40.3 Å². The van der Waals surface area contributed by atoms with E-state index in [1.165, 1.54) is 0 Å². The Balaban J connectivity index is 0.00000162.